The maximum atomic E-state index is 12.5. The van der Waals surface area contributed by atoms with Gasteiger partial charge in [-0.15, -0.1) is 0 Å². The van der Waals surface area contributed by atoms with Crippen molar-refractivity contribution in [2.75, 3.05) is 26.7 Å². The van der Waals surface area contributed by atoms with E-state index in [0.717, 1.165) is 31.5 Å². The number of piperidine rings is 1. The van der Waals surface area contributed by atoms with Crippen molar-refractivity contribution in [3.05, 3.63) is 58.3 Å². The number of amides is 1. The summed E-state index contributed by atoms with van der Waals surface area (Å²) in [6.45, 7) is 2.47. The summed E-state index contributed by atoms with van der Waals surface area (Å²) in [6, 6.07) is 5.27. The minimum absolute atomic E-state index is 0.0675. The van der Waals surface area contributed by atoms with Crippen LogP contribution in [0, 0.1) is 0 Å². The zero-order valence-corrected chi connectivity index (χ0v) is 14.9. The first-order chi connectivity index (χ1) is 12.7. The molecule has 1 amide bonds. The fraction of sp³-hybridized carbons (Fsp3) is 0.421. The number of pyridine rings is 2. The summed E-state index contributed by atoms with van der Waals surface area (Å²) in [6.07, 6.45) is 8.57. The van der Waals surface area contributed by atoms with Crippen molar-refractivity contribution in [3.8, 4) is 5.75 Å². The van der Waals surface area contributed by atoms with E-state index in [0.29, 0.717) is 6.54 Å². The number of likely N-dealkylation sites (tertiary alicyclic amines) is 1. The SMILES string of the molecule is COc1c[nH]c(C(=O)NC[C@H](c2cccnc2)N2CCCCC2)cc1=O. The van der Waals surface area contributed by atoms with Gasteiger partial charge in [-0.3, -0.25) is 19.5 Å². The van der Waals surface area contributed by atoms with Gasteiger partial charge < -0.3 is 15.0 Å². The molecule has 7 heteroatoms. The highest BCUT2D eigenvalue weighted by Gasteiger charge is 2.23. The van der Waals surface area contributed by atoms with E-state index < -0.39 is 0 Å². The first-order valence-electron chi connectivity index (χ1n) is 8.88. The predicted octanol–water partition coefficient (Wildman–Crippen LogP) is 1.74. The second-order valence-corrected chi connectivity index (χ2v) is 6.39. The van der Waals surface area contributed by atoms with Crippen LogP contribution in [0.1, 0.15) is 41.4 Å². The molecule has 1 saturated heterocycles. The van der Waals surface area contributed by atoms with Crippen LogP contribution in [0.15, 0.2) is 41.6 Å². The first-order valence-corrected chi connectivity index (χ1v) is 8.88. The lowest BCUT2D eigenvalue weighted by Gasteiger charge is -2.34. The van der Waals surface area contributed by atoms with Crippen molar-refractivity contribution in [1.29, 1.82) is 0 Å². The molecule has 26 heavy (non-hydrogen) atoms. The van der Waals surface area contributed by atoms with Crippen LogP contribution in [0.3, 0.4) is 0 Å². The van der Waals surface area contributed by atoms with Gasteiger partial charge >= 0.3 is 0 Å². The average Bonchev–Trinajstić information content (AvgIpc) is 2.69. The molecule has 0 saturated carbocycles. The van der Waals surface area contributed by atoms with E-state index in [2.05, 4.69) is 20.2 Å². The quantitative estimate of drug-likeness (QED) is 0.823. The number of aromatic nitrogens is 2. The number of nitrogens with zero attached hydrogens (tertiary/aromatic N) is 2. The highest BCUT2D eigenvalue weighted by molar-refractivity contribution is 5.92. The molecule has 2 aromatic rings. The number of hydrogen-bond acceptors (Lipinski definition) is 5. The fourth-order valence-electron chi connectivity index (χ4n) is 3.29. The summed E-state index contributed by atoms with van der Waals surface area (Å²) in [5, 5.41) is 2.94. The molecule has 7 nitrogen and oxygen atoms in total. The molecule has 3 heterocycles. The lowest BCUT2D eigenvalue weighted by Crippen LogP contribution is -2.41. The molecular weight excluding hydrogens is 332 g/mol. The molecule has 3 rings (SSSR count). The topological polar surface area (TPSA) is 87.3 Å². The highest BCUT2D eigenvalue weighted by atomic mass is 16.5. The number of carbonyl (C=O) groups is 1. The van der Waals surface area contributed by atoms with Crippen LogP contribution in [0.4, 0.5) is 0 Å². The molecule has 2 aromatic heterocycles. The summed E-state index contributed by atoms with van der Waals surface area (Å²) in [4.78, 5) is 33.7. The molecule has 0 radical (unpaired) electrons. The molecule has 0 aliphatic carbocycles. The number of carbonyl (C=O) groups excluding carboxylic acids is 1. The second-order valence-electron chi connectivity index (χ2n) is 6.39. The lowest BCUT2D eigenvalue weighted by molar-refractivity contribution is 0.0919. The summed E-state index contributed by atoms with van der Waals surface area (Å²) in [5.41, 5.74) is 0.980. The maximum Gasteiger partial charge on any atom is 0.267 e. The van der Waals surface area contributed by atoms with Crippen molar-refractivity contribution < 1.29 is 9.53 Å². The maximum absolute atomic E-state index is 12.5. The van der Waals surface area contributed by atoms with Crippen LogP contribution in [-0.2, 0) is 0 Å². The van der Waals surface area contributed by atoms with Crippen LogP contribution in [0.5, 0.6) is 5.75 Å². The zero-order chi connectivity index (χ0) is 18.4. The second kappa shape index (κ2) is 8.62. The molecule has 1 aliphatic heterocycles. The number of aromatic amines is 1. The Balaban J connectivity index is 1.71. The van der Waals surface area contributed by atoms with E-state index >= 15 is 0 Å². The molecule has 0 bridgehead atoms. The number of nitrogens with one attached hydrogen (secondary N) is 2. The Morgan fingerprint density at radius 2 is 2.19 bits per heavy atom. The molecule has 1 aliphatic rings. The van der Waals surface area contributed by atoms with E-state index in [1.54, 1.807) is 6.20 Å². The van der Waals surface area contributed by atoms with Gasteiger partial charge in [-0.1, -0.05) is 12.5 Å². The van der Waals surface area contributed by atoms with Crippen molar-refractivity contribution in [2.24, 2.45) is 0 Å². The molecule has 2 N–H and O–H groups in total. The number of ether oxygens (including phenoxy) is 1. The van der Waals surface area contributed by atoms with E-state index in [1.807, 2.05) is 18.3 Å². The van der Waals surface area contributed by atoms with Crippen molar-refractivity contribution >= 4 is 5.91 Å². The van der Waals surface area contributed by atoms with E-state index in [9.17, 15) is 9.59 Å². The van der Waals surface area contributed by atoms with Crippen LogP contribution in [0.25, 0.3) is 0 Å². The van der Waals surface area contributed by atoms with Gasteiger partial charge in [-0.2, -0.15) is 0 Å². The Morgan fingerprint density at radius 1 is 1.38 bits per heavy atom. The first kappa shape index (κ1) is 18.1. The molecular formula is C19H24N4O3. The summed E-state index contributed by atoms with van der Waals surface area (Å²) < 4.78 is 4.93. The Bertz CT molecular complexity index is 785. The third kappa shape index (κ3) is 4.29. The molecule has 138 valence electrons. The third-order valence-electron chi connectivity index (χ3n) is 4.70. The van der Waals surface area contributed by atoms with Gasteiger partial charge in [0.25, 0.3) is 5.91 Å². The van der Waals surface area contributed by atoms with Crippen LogP contribution >= 0.6 is 0 Å². The van der Waals surface area contributed by atoms with Gasteiger partial charge in [0.1, 0.15) is 5.69 Å². The minimum atomic E-state index is -0.323. The van der Waals surface area contributed by atoms with Crippen LogP contribution < -0.4 is 15.5 Å². The van der Waals surface area contributed by atoms with Gasteiger partial charge in [-0.05, 0) is 37.6 Å². The number of H-pyrrole nitrogens is 1. The summed E-state index contributed by atoms with van der Waals surface area (Å²) in [5.74, 6) is -0.126. The Hall–Kier alpha value is -2.67. The fourth-order valence-corrected chi connectivity index (χ4v) is 3.29. The molecule has 0 unspecified atom stereocenters. The Kier molecular flexibility index (Phi) is 6.01. The zero-order valence-electron chi connectivity index (χ0n) is 14.9. The van der Waals surface area contributed by atoms with Crippen molar-refractivity contribution in [1.82, 2.24) is 20.2 Å². The van der Waals surface area contributed by atoms with Crippen LogP contribution in [0.2, 0.25) is 0 Å². The minimum Gasteiger partial charge on any atom is -0.491 e. The number of hydrogen-bond donors (Lipinski definition) is 2. The monoisotopic (exact) mass is 356 g/mol. The van der Waals surface area contributed by atoms with Gasteiger partial charge in [-0.25, -0.2) is 0 Å². The molecule has 1 atom stereocenters. The molecule has 0 spiro atoms. The Morgan fingerprint density at radius 3 is 2.85 bits per heavy atom. The predicted molar refractivity (Wildman–Crippen MR) is 98.3 cm³/mol. The van der Waals surface area contributed by atoms with Gasteiger partial charge in [0.05, 0.1) is 13.2 Å². The normalized spacial score (nSPS) is 16.0. The van der Waals surface area contributed by atoms with Gasteiger partial charge in [0.15, 0.2) is 5.75 Å². The van der Waals surface area contributed by atoms with E-state index in [4.69, 9.17) is 4.74 Å². The van der Waals surface area contributed by atoms with Crippen molar-refractivity contribution in [3.63, 3.8) is 0 Å². The molecule has 0 aromatic carbocycles. The number of methoxy groups -OCH3 is 1. The van der Waals surface area contributed by atoms with Gasteiger partial charge in [0, 0.05) is 31.2 Å². The summed E-state index contributed by atoms with van der Waals surface area (Å²) in [7, 11) is 1.42. The largest absolute Gasteiger partial charge is 0.491 e. The van der Waals surface area contributed by atoms with Crippen LogP contribution in [-0.4, -0.2) is 47.5 Å². The summed E-state index contributed by atoms with van der Waals surface area (Å²) >= 11 is 0. The lowest BCUT2D eigenvalue weighted by atomic mass is 10.0. The third-order valence-corrected chi connectivity index (χ3v) is 4.70. The van der Waals surface area contributed by atoms with Gasteiger partial charge in [0.2, 0.25) is 5.43 Å². The van der Waals surface area contributed by atoms with E-state index in [-0.39, 0.29) is 28.8 Å². The Labute approximate surface area is 152 Å². The van der Waals surface area contributed by atoms with Crippen molar-refractivity contribution in [2.45, 2.75) is 25.3 Å². The smallest absolute Gasteiger partial charge is 0.267 e. The standard InChI is InChI=1S/C19H24N4O3/c1-26-18-13-21-15(10-17(18)24)19(25)22-12-16(14-6-5-7-20-11-14)23-8-3-2-4-9-23/h5-7,10-11,13,16H,2-4,8-9,12H2,1H3,(H,21,24)(H,22,25)/t16-/m1/s1. The molecule has 1 fully saturated rings. The average molecular weight is 356 g/mol. The highest BCUT2D eigenvalue weighted by Crippen LogP contribution is 2.23. The number of rotatable bonds is 6. The van der Waals surface area contributed by atoms with E-state index in [1.165, 1.54) is 25.8 Å².